The highest BCUT2D eigenvalue weighted by Gasteiger charge is 2.28. The average molecular weight is 234 g/mol. The van der Waals surface area contributed by atoms with Crippen molar-refractivity contribution in [2.45, 2.75) is 65.2 Å². The summed E-state index contributed by atoms with van der Waals surface area (Å²) >= 11 is 0. The molecule has 0 aromatic heterocycles. The van der Waals surface area contributed by atoms with E-state index in [0.29, 0.717) is 5.75 Å². The minimum Gasteiger partial charge on any atom is -0.508 e. The van der Waals surface area contributed by atoms with E-state index in [4.69, 9.17) is 0 Å². The first-order chi connectivity index (χ1) is 7.74. The fourth-order valence-corrected chi connectivity index (χ4v) is 2.06. The Morgan fingerprint density at radius 1 is 0.882 bits per heavy atom. The summed E-state index contributed by atoms with van der Waals surface area (Å²) in [6, 6.07) is 5.84. The number of benzene rings is 1. The Balaban J connectivity index is 3.42. The molecule has 0 radical (unpaired) electrons. The molecular formula is C16H26O. The van der Waals surface area contributed by atoms with Gasteiger partial charge in [0.15, 0.2) is 0 Å². The molecule has 1 heteroatoms. The summed E-state index contributed by atoms with van der Waals surface area (Å²) in [5.41, 5.74) is 2.92. The molecule has 0 atom stereocenters. The standard InChI is InChI=1S/C16H26O/c1-7-15(3,4)13-10-9-12(17)11-14(13)16(5,6)8-2/h9-11,17H,7-8H2,1-6H3. The highest BCUT2D eigenvalue weighted by molar-refractivity contribution is 5.43. The smallest absolute Gasteiger partial charge is 0.115 e. The van der Waals surface area contributed by atoms with E-state index in [0.717, 1.165) is 12.8 Å². The second-order valence-electron chi connectivity index (χ2n) is 6.20. The molecule has 96 valence electrons. The van der Waals surface area contributed by atoms with Gasteiger partial charge in [0.2, 0.25) is 0 Å². The maximum Gasteiger partial charge on any atom is 0.115 e. The lowest BCUT2D eigenvalue weighted by molar-refractivity contribution is 0.441. The molecule has 1 N–H and O–H groups in total. The third kappa shape index (κ3) is 2.83. The van der Waals surface area contributed by atoms with Gasteiger partial charge in [0.25, 0.3) is 0 Å². The van der Waals surface area contributed by atoms with Gasteiger partial charge in [-0.3, -0.25) is 0 Å². The minimum atomic E-state index is 0.112. The molecule has 0 unspecified atom stereocenters. The van der Waals surface area contributed by atoms with Crippen LogP contribution in [0.25, 0.3) is 0 Å². The Labute approximate surface area is 106 Å². The number of phenolic OH excluding ortho intramolecular Hbond substituents is 1. The molecule has 1 aromatic rings. The van der Waals surface area contributed by atoms with Crippen molar-refractivity contribution < 1.29 is 5.11 Å². The van der Waals surface area contributed by atoms with Crippen molar-refractivity contribution in [2.24, 2.45) is 0 Å². The summed E-state index contributed by atoms with van der Waals surface area (Å²) < 4.78 is 0. The summed E-state index contributed by atoms with van der Waals surface area (Å²) in [6.07, 6.45) is 2.17. The first-order valence-electron chi connectivity index (χ1n) is 6.58. The van der Waals surface area contributed by atoms with Gasteiger partial charge in [0.05, 0.1) is 0 Å². The second-order valence-corrected chi connectivity index (χ2v) is 6.20. The van der Waals surface area contributed by atoms with Crippen LogP contribution in [0.3, 0.4) is 0 Å². The van der Waals surface area contributed by atoms with E-state index in [1.807, 2.05) is 12.1 Å². The number of aromatic hydroxyl groups is 1. The summed E-state index contributed by atoms with van der Waals surface area (Å²) in [5, 5.41) is 9.73. The molecule has 0 aliphatic carbocycles. The molecule has 0 bridgehead atoms. The molecule has 0 amide bonds. The van der Waals surface area contributed by atoms with Crippen molar-refractivity contribution in [2.75, 3.05) is 0 Å². The highest BCUT2D eigenvalue weighted by atomic mass is 16.3. The molecule has 0 heterocycles. The van der Waals surface area contributed by atoms with Gasteiger partial charge in [-0.25, -0.2) is 0 Å². The van der Waals surface area contributed by atoms with Crippen molar-refractivity contribution in [3.8, 4) is 5.75 Å². The molecule has 1 rings (SSSR count). The molecule has 0 aliphatic rings. The van der Waals surface area contributed by atoms with E-state index >= 15 is 0 Å². The lowest BCUT2D eigenvalue weighted by Gasteiger charge is -2.33. The van der Waals surface area contributed by atoms with Gasteiger partial charge in [-0.15, -0.1) is 0 Å². The topological polar surface area (TPSA) is 20.2 Å². The van der Waals surface area contributed by atoms with E-state index < -0.39 is 0 Å². The zero-order valence-electron chi connectivity index (χ0n) is 12.1. The zero-order chi connectivity index (χ0) is 13.3. The van der Waals surface area contributed by atoms with E-state index in [-0.39, 0.29) is 10.8 Å². The highest BCUT2D eigenvalue weighted by Crippen LogP contribution is 2.39. The SMILES string of the molecule is CCC(C)(C)c1ccc(O)cc1C(C)(C)CC. The predicted octanol–water partition coefficient (Wildman–Crippen LogP) is 4.77. The van der Waals surface area contributed by atoms with Crippen molar-refractivity contribution in [3.63, 3.8) is 0 Å². The maximum absolute atomic E-state index is 9.73. The molecular weight excluding hydrogens is 208 g/mol. The Morgan fingerprint density at radius 3 is 1.82 bits per heavy atom. The van der Waals surface area contributed by atoms with Crippen LogP contribution in [0, 0.1) is 0 Å². The number of hydrogen-bond donors (Lipinski definition) is 1. The average Bonchev–Trinajstić information content (AvgIpc) is 2.28. The minimum absolute atomic E-state index is 0.112. The van der Waals surface area contributed by atoms with E-state index in [1.165, 1.54) is 11.1 Å². The third-order valence-electron chi connectivity index (χ3n) is 4.23. The Bertz CT molecular complexity index is 389. The van der Waals surface area contributed by atoms with E-state index in [2.05, 4.69) is 47.6 Å². The van der Waals surface area contributed by atoms with Gasteiger partial charge in [-0.1, -0.05) is 47.6 Å². The Hall–Kier alpha value is -0.980. The third-order valence-corrected chi connectivity index (χ3v) is 4.23. The van der Waals surface area contributed by atoms with Gasteiger partial charge >= 0.3 is 0 Å². The predicted molar refractivity (Wildman–Crippen MR) is 74.7 cm³/mol. The van der Waals surface area contributed by atoms with Crippen LogP contribution in [0.5, 0.6) is 5.75 Å². The van der Waals surface area contributed by atoms with Crippen molar-refractivity contribution in [3.05, 3.63) is 29.3 Å². The summed E-state index contributed by atoms with van der Waals surface area (Å²) in [4.78, 5) is 0. The second kappa shape index (κ2) is 4.72. The summed E-state index contributed by atoms with van der Waals surface area (Å²) in [6.45, 7) is 13.5. The van der Waals surface area contributed by atoms with Crippen LogP contribution in [0.1, 0.15) is 65.5 Å². The van der Waals surface area contributed by atoms with Crippen molar-refractivity contribution >= 4 is 0 Å². The van der Waals surface area contributed by atoms with Crippen LogP contribution in [0.2, 0.25) is 0 Å². The van der Waals surface area contributed by atoms with Crippen LogP contribution in [0.4, 0.5) is 0 Å². The molecule has 0 fully saturated rings. The van der Waals surface area contributed by atoms with Crippen LogP contribution in [0.15, 0.2) is 18.2 Å². The molecule has 0 spiro atoms. The fraction of sp³-hybridized carbons (Fsp3) is 0.625. The molecule has 1 aromatic carbocycles. The van der Waals surface area contributed by atoms with Crippen LogP contribution in [-0.4, -0.2) is 5.11 Å². The van der Waals surface area contributed by atoms with Crippen LogP contribution < -0.4 is 0 Å². The molecule has 0 saturated carbocycles. The van der Waals surface area contributed by atoms with E-state index in [9.17, 15) is 5.11 Å². The molecule has 0 saturated heterocycles. The lowest BCUT2D eigenvalue weighted by Crippen LogP contribution is -2.25. The first kappa shape index (κ1) is 14.1. The van der Waals surface area contributed by atoms with Crippen molar-refractivity contribution in [1.82, 2.24) is 0 Å². The van der Waals surface area contributed by atoms with Crippen LogP contribution in [-0.2, 0) is 10.8 Å². The van der Waals surface area contributed by atoms with Crippen molar-refractivity contribution in [1.29, 1.82) is 0 Å². The van der Waals surface area contributed by atoms with E-state index in [1.54, 1.807) is 0 Å². The van der Waals surface area contributed by atoms with Gasteiger partial charge in [-0.2, -0.15) is 0 Å². The van der Waals surface area contributed by atoms with Gasteiger partial charge in [0.1, 0.15) is 5.75 Å². The molecule has 0 aliphatic heterocycles. The Kier molecular flexibility index (Phi) is 3.91. The summed E-state index contributed by atoms with van der Waals surface area (Å²) in [5.74, 6) is 0.372. The normalized spacial score (nSPS) is 12.8. The van der Waals surface area contributed by atoms with Gasteiger partial charge in [0, 0.05) is 0 Å². The molecule has 17 heavy (non-hydrogen) atoms. The Morgan fingerprint density at radius 2 is 1.35 bits per heavy atom. The maximum atomic E-state index is 9.73. The van der Waals surface area contributed by atoms with Crippen LogP contribution >= 0.6 is 0 Å². The number of phenols is 1. The summed E-state index contributed by atoms with van der Waals surface area (Å²) in [7, 11) is 0. The first-order valence-corrected chi connectivity index (χ1v) is 6.58. The quantitative estimate of drug-likeness (QED) is 0.795. The largest absolute Gasteiger partial charge is 0.508 e. The number of hydrogen-bond acceptors (Lipinski definition) is 1. The zero-order valence-corrected chi connectivity index (χ0v) is 12.1. The van der Waals surface area contributed by atoms with Gasteiger partial charge < -0.3 is 5.11 Å². The molecule has 1 nitrogen and oxygen atoms in total. The van der Waals surface area contributed by atoms with Gasteiger partial charge in [-0.05, 0) is 46.9 Å². The number of rotatable bonds is 4. The monoisotopic (exact) mass is 234 g/mol. The lowest BCUT2D eigenvalue weighted by atomic mass is 9.71. The fourth-order valence-electron chi connectivity index (χ4n) is 2.06.